The van der Waals surface area contributed by atoms with E-state index in [1.54, 1.807) is 16.7 Å². The maximum Gasteiger partial charge on any atom is 0.410 e. The summed E-state index contributed by atoms with van der Waals surface area (Å²) in [5.41, 5.74) is -4.89. The molecule has 0 spiro atoms. The van der Waals surface area contributed by atoms with Crippen LogP contribution in [0.2, 0.25) is 0 Å². The van der Waals surface area contributed by atoms with Crippen LogP contribution in [-0.4, -0.2) is 78.2 Å². The highest BCUT2D eigenvalue weighted by atomic mass is 31.2. The Hall–Kier alpha value is -4.46. The van der Waals surface area contributed by atoms with Gasteiger partial charge < -0.3 is 24.6 Å². The van der Waals surface area contributed by atoms with Gasteiger partial charge in [-0.1, -0.05) is 69.3 Å². The Morgan fingerprint density at radius 2 is 1.37 bits per heavy atom. The van der Waals surface area contributed by atoms with Crippen molar-refractivity contribution in [3.8, 4) is 0 Å². The largest absolute Gasteiger partial charge is 0.438 e. The van der Waals surface area contributed by atoms with Gasteiger partial charge in [0.1, 0.15) is 12.1 Å². The fourth-order valence-corrected chi connectivity index (χ4v) is 7.73. The van der Waals surface area contributed by atoms with E-state index in [2.05, 4.69) is 11.4 Å². The molecule has 16 heteroatoms. The van der Waals surface area contributed by atoms with Crippen molar-refractivity contribution in [2.45, 2.75) is 113 Å². The molecule has 1 saturated heterocycles. The molecule has 2 aliphatic heterocycles. The predicted molar refractivity (Wildman–Crippen MR) is 216 cm³/mol. The Balaban J connectivity index is 1.48. The topological polar surface area (TPSA) is 158 Å². The molecule has 2 atom stereocenters. The second kappa shape index (κ2) is 18.4. The van der Waals surface area contributed by atoms with Crippen LogP contribution in [0.5, 0.6) is 0 Å². The number of carbonyl (C=O) groups excluding carboxylic acids is 5. The average Bonchev–Trinajstić information content (AvgIpc) is 3.65. The Bertz CT molecular complexity index is 1930. The normalized spacial score (nSPS) is 17.2. The maximum atomic E-state index is 16.0. The molecule has 0 bridgehead atoms. The third-order valence-corrected chi connectivity index (χ3v) is 11.9. The molecule has 0 aromatic heterocycles. The van der Waals surface area contributed by atoms with Crippen molar-refractivity contribution in [2.24, 2.45) is 16.2 Å². The highest BCUT2D eigenvalue weighted by Crippen LogP contribution is 2.67. The van der Waals surface area contributed by atoms with Gasteiger partial charge in [0.2, 0.25) is 31.3 Å². The van der Waals surface area contributed by atoms with Gasteiger partial charge in [0.15, 0.2) is 0 Å². The first-order chi connectivity index (χ1) is 27.3. The molecule has 4 rings (SSSR count). The first-order valence-corrected chi connectivity index (χ1v) is 21.2. The first kappa shape index (κ1) is 47.2. The van der Waals surface area contributed by atoms with Gasteiger partial charge in [-0.3, -0.25) is 37.6 Å². The maximum absolute atomic E-state index is 16.0. The lowest BCUT2D eigenvalue weighted by Crippen LogP contribution is -2.58. The second-order valence-corrected chi connectivity index (χ2v) is 20.1. The van der Waals surface area contributed by atoms with Gasteiger partial charge >= 0.3 is 25.2 Å². The third kappa shape index (κ3) is 11.6. The van der Waals surface area contributed by atoms with Crippen LogP contribution in [0.3, 0.4) is 0 Å². The van der Waals surface area contributed by atoms with Crippen molar-refractivity contribution in [1.29, 1.82) is 0 Å². The average molecular weight is 846 g/mol. The molecule has 3 amide bonds. The van der Waals surface area contributed by atoms with Crippen molar-refractivity contribution in [3.05, 3.63) is 76.9 Å². The molecule has 2 aromatic carbocycles. The number of amides is 3. The van der Waals surface area contributed by atoms with Crippen molar-refractivity contribution >= 4 is 42.8 Å². The monoisotopic (exact) mass is 845 g/mol. The van der Waals surface area contributed by atoms with Crippen molar-refractivity contribution in [3.63, 3.8) is 0 Å². The molecule has 59 heavy (non-hydrogen) atoms. The van der Waals surface area contributed by atoms with E-state index in [-0.39, 0.29) is 11.8 Å². The molecule has 0 saturated carbocycles. The summed E-state index contributed by atoms with van der Waals surface area (Å²) in [5, 5.41) is 2.82. The van der Waals surface area contributed by atoms with Gasteiger partial charge in [-0.15, -0.1) is 0 Å². The minimum absolute atomic E-state index is 0.114. The lowest BCUT2D eigenvalue weighted by atomic mass is 9.85. The molecule has 324 valence electrons. The molecular formula is C43H58F2N3O10P. The summed E-state index contributed by atoms with van der Waals surface area (Å²) in [4.78, 5) is 69.2. The number of nitrogens with zero attached hydrogens (tertiary/aromatic N) is 2. The number of hydrogen-bond acceptors (Lipinski definition) is 10. The van der Waals surface area contributed by atoms with Crippen molar-refractivity contribution < 1.29 is 55.8 Å². The summed E-state index contributed by atoms with van der Waals surface area (Å²) in [6.07, 6.45) is 3.14. The number of alkyl halides is 2. The molecule has 13 nitrogen and oxygen atoms in total. The number of carbonyl (C=O) groups is 5. The summed E-state index contributed by atoms with van der Waals surface area (Å²) in [6, 6.07) is 10.8. The standard InChI is InChI=1S/C43H58F2N3O10P/c1-28(29-17-19-32(20-18-29)43(44,45)59(54,57-26-55-38(52)41(5,6)7)58-27-56-39(53)42(8,9)10)24-34(49)46-35(40(2,3)4)37(51)48-22-13-16-33(48)36(50)47-23-21-30-14-11-12-15-31(30)25-47/h11-12,14-15,17-20,24,33,35H,13,16,21-23,25-27H2,1-10H3,(H,46,49). The van der Waals surface area contributed by atoms with E-state index in [9.17, 15) is 28.5 Å². The third-order valence-electron chi connectivity index (χ3n) is 10.1. The predicted octanol–water partition coefficient (Wildman–Crippen LogP) is 7.57. The number of rotatable bonds is 13. The molecular weight excluding hydrogens is 787 g/mol. The van der Waals surface area contributed by atoms with Crippen LogP contribution in [-0.2, 0) is 65.7 Å². The highest BCUT2D eigenvalue weighted by molar-refractivity contribution is 7.54. The lowest BCUT2D eigenvalue weighted by molar-refractivity contribution is -0.163. The van der Waals surface area contributed by atoms with Gasteiger partial charge in [0.05, 0.1) is 10.8 Å². The fraction of sp³-hybridized carbons (Fsp3) is 0.558. The smallest absolute Gasteiger partial charge is 0.410 e. The van der Waals surface area contributed by atoms with Crippen molar-refractivity contribution in [1.82, 2.24) is 15.1 Å². The van der Waals surface area contributed by atoms with Crippen LogP contribution in [0.1, 0.15) is 104 Å². The molecule has 1 N–H and O–H groups in total. The van der Waals surface area contributed by atoms with Crippen LogP contribution in [0, 0.1) is 16.2 Å². The summed E-state index contributed by atoms with van der Waals surface area (Å²) in [6.45, 7) is 15.3. The highest BCUT2D eigenvalue weighted by Gasteiger charge is 2.56. The fourth-order valence-electron chi connectivity index (χ4n) is 6.48. The molecule has 0 aliphatic carbocycles. The van der Waals surface area contributed by atoms with Crippen molar-refractivity contribution in [2.75, 3.05) is 26.7 Å². The van der Waals surface area contributed by atoms with E-state index in [0.717, 1.165) is 24.1 Å². The van der Waals surface area contributed by atoms with Gasteiger partial charge in [0.25, 0.3) is 0 Å². The SMILES string of the molecule is CC(=CC(=O)NC(C(=O)N1CCCC1C(=O)N1CCc2ccccc2C1)C(C)(C)C)c1ccc(C(F)(F)P(=O)(OCOC(=O)C(C)(C)C)OCOC(=O)C(C)(C)C)cc1. The minimum atomic E-state index is -5.53. The Morgan fingerprint density at radius 1 is 0.831 bits per heavy atom. The number of likely N-dealkylation sites (tertiary alicyclic amines) is 1. The zero-order valence-corrected chi connectivity index (χ0v) is 36.6. The van der Waals surface area contributed by atoms with Gasteiger partial charge in [-0.2, -0.15) is 8.78 Å². The number of nitrogens with one attached hydrogen (secondary N) is 1. The summed E-state index contributed by atoms with van der Waals surface area (Å²) >= 11 is 0. The quantitative estimate of drug-likeness (QED) is 0.0923. The zero-order chi connectivity index (χ0) is 44.1. The van der Waals surface area contributed by atoms with Gasteiger partial charge in [0, 0.05) is 31.3 Å². The van der Waals surface area contributed by atoms with E-state index in [0.29, 0.717) is 43.6 Å². The number of fused-ring (bicyclic) bond motifs is 1. The molecule has 1 fully saturated rings. The Kier molecular flexibility index (Phi) is 14.8. The number of allylic oxidation sites excluding steroid dienone is 1. The number of benzene rings is 2. The first-order valence-electron chi connectivity index (χ1n) is 19.6. The van der Waals surface area contributed by atoms with E-state index in [4.69, 9.17) is 18.5 Å². The van der Waals surface area contributed by atoms with E-state index in [1.165, 1.54) is 65.3 Å². The number of hydrogen-bond donors (Lipinski definition) is 1. The van der Waals surface area contributed by atoms with E-state index >= 15 is 8.78 Å². The van der Waals surface area contributed by atoms with Gasteiger partial charge in [-0.05, 0) is 95.4 Å². The van der Waals surface area contributed by atoms with Crippen LogP contribution in [0.4, 0.5) is 8.78 Å². The minimum Gasteiger partial charge on any atom is -0.438 e. The summed E-state index contributed by atoms with van der Waals surface area (Å²) in [7, 11) is -5.53. The van der Waals surface area contributed by atoms with Crippen LogP contribution < -0.4 is 5.32 Å². The number of ether oxygens (including phenoxy) is 2. The molecule has 2 aliphatic rings. The molecule has 2 unspecified atom stereocenters. The Labute approximate surface area is 345 Å². The van der Waals surface area contributed by atoms with Crippen LogP contribution >= 0.6 is 7.60 Å². The second-order valence-electron chi connectivity index (χ2n) is 18.1. The summed E-state index contributed by atoms with van der Waals surface area (Å²) < 4.78 is 65.4. The molecule has 0 radical (unpaired) electrons. The van der Waals surface area contributed by atoms with Gasteiger partial charge in [-0.25, -0.2) is 0 Å². The van der Waals surface area contributed by atoms with E-state index in [1.807, 2.05) is 39.0 Å². The van der Waals surface area contributed by atoms with E-state index < -0.39 is 78.6 Å². The number of halogens is 2. The van der Waals surface area contributed by atoms with Crippen LogP contribution in [0.25, 0.3) is 5.57 Å². The van der Waals surface area contributed by atoms with Crippen LogP contribution in [0.15, 0.2) is 54.6 Å². The number of esters is 2. The molecule has 2 aromatic rings. The zero-order valence-electron chi connectivity index (χ0n) is 35.7. The summed E-state index contributed by atoms with van der Waals surface area (Å²) in [5.74, 6) is -2.71. The Morgan fingerprint density at radius 3 is 1.90 bits per heavy atom. The molecule has 2 heterocycles. The lowest BCUT2D eigenvalue weighted by Gasteiger charge is -2.37.